The molecule has 30 atom stereocenters. The predicted octanol–water partition coefficient (Wildman–Crippen LogP) is 1.53. The van der Waals surface area contributed by atoms with Gasteiger partial charge in [-0.15, -0.1) is 0 Å². The summed E-state index contributed by atoms with van der Waals surface area (Å²) < 4.78 is 87.2. The highest BCUT2D eigenvalue weighted by Gasteiger charge is 2.82. The van der Waals surface area contributed by atoms with Crippen molar-refractivity contribution in [3.63, 3.8) is 0 Å². The Morgan fingerprint density at radius 3 is 1.65 bits per heavy atom. The zero-order chi connectivity index (χ0) is 80.4. The first-order chi connectivity index (χ1) is 52.4. The van der Waals surface area contributed by atoms with Gasteiger partial charge in [0.25, 0.3) is 0 Å². The van der Waals surface area contributed by atoms with Gasteiger partial charge in [-0.3, -0.25) is 24.0 Å². The second kappa shape index (κ2) is 29.5. The summed E-state index contributed by atoms with van der Waals surface area (Å²) >= 11 is 0. The summed E-state index contributed by atoms with van der Waals surface area (Å²) in [4.78, 5) is 76.4. The van der Waals surface area contributed by atoms with Crippen molar-refractivity contribution in [3.05, 3.63) is 50.8 Å². The molecule has 2 saturated carbocycles. The zero-order valence-electron chi connectivity index (χ0n) is 63.2. The number of carbonyl (C=O) groups is 5. The van der Waals surface area contributed by atoms with Gasteiger partial charge in [0.2, 0.25) is 23.1 Å². The average molecular weight is 1570 g/mol. The summed E-state index contributed by atoms with van der Waals surface area (Å²) in [5.41, 5.74) is -19.6. The fraction of sp³-hybridized carbons (Fsp3) is 0.701. The van der Waals surface area contributed by atoms with Crippen LogP contribution in [0.2, 0.25) is 0 Å². The second-order valence-electron chi connectivity index (χ2n) is 31.7. The number of aromatic hydroxyl groups is 4. The smallest absolute Gasteiger partial charge is 0.232 e. The normalized spacial score (nSPS) is 42.8. The summed E-state index contributed by atoms with van der Waals surface area (Å²) in [6.07, 6.45) is -33.1. The molecule has 3 aromatic carbocycles. The molecule has 111 heavy (non-hydrogen) atoms. The third kappa shape index (κ3) is 12.0. The van der Waals surface area contributed by atoms with E-state index >= 15 is 19.2 Å². The Hall–Kier alpha value is -6.27. The number of ketones is 5. The van der Waals surface area contributed by atoms with Crippen LogP contribution in [0.3, 0.4) is 0 Å². The lowest BCUT2D eigenvalue weighted by Crippen LogP contribution is -2.80. The lowest BCUT2D eigenvalue weighted by molar-refractivity contribution is -0.358. The molecule has 612 valence electrons. The fourth-order valence-electron chi connectivity index (χ4n) is 19.8. The van der Waals surface area contributed by atoms with Crippen molar-refractivity contribution >= 4 is 45.3 Å². The van der Waals surface area contributed by atoms with Gasteiger partial charge >= 0.3 is 0 Å². The quantitative estimate of drug-likeness (QED) is 0.0757. The lowest BCUT2D eigenvalue weighted by Gasteiger charge is -2.60. The van der Waals surface area contributed by atoms with Gasteiger partial charge in [-0.1, -0.05) is 26.7 Å². The summed E-state index contributed by atoms with van der Waals surface area (Å²) in [5.74, 6) is -16.6. The maximum absolute atomic E-state index is 16.2. The van der Waals surface area contributed by atoms with E-state index in [1.54, 1.807) is 34.6 Å². The molecule has 8 fully saturated rings. The number of fused-ring (bicyclic) bond motifs is 6. The number of ether oxygens (including phenoxy) is 14. The van der Waals surface area contributed by atoms with Crippen LogP contribution in [0, 0.1) is 11.8 Å². The van der Waals surface area contributed by atoms with Crippen LogP contribution in [-0.2, 0) is 68.1 Å². The summed E-state index contributed by atoms with van der Waals surface area (Å²) in [5, 5.41) is 183. The largest absolute Gasteiger partial charge is 0.507 e. The minimum absolute atomic E-state index is 0.00134. The third-order valence-corrected chi connectivity index (χ3v) is 25.6. The first-order valence-corrected chi connectivity index (χ1v) is 38.0. The van der Waals surface area contributed by atoms with Gasteiger partial charge in [0.15, 0.2) is 65.7 Å². The molecule has 4 bridgehead atoms. The number of phenolic OH excluding ortho intramolecular Hbond substituents is 4. The van der Waals surface area contributed by atoms with E-state index in [0.717, 1.165) is 21.3 Å². The Balaban J connectivity index is 0.865. The van der Waals surface area contributed by atoms with E-state index in [-0.39, 0.29) is 68.7 Å². The van der Waals surface area contributed by atoms with Crippen LogP contribution in [0.25, 0.3) is 16.3 Å². The summed E-state index contributed by atoms with van der Waals surface area (Å²) in [6.45, 7) is 12.2. The zero-order valence-corrected chi connectivity index (χ0v) is 63.2. The molecule has 15 N–H and O–H groups in total. The molecule has 3 aromatic rings. The first-order valence-electron chi connectivity index (χ1n) is 38.0. The lowest BCUT2D eigenvalue weighted by atomic mass is 9.53. The third-order valence-electron chi connectivity index (χ3n) is 25.6. The van der Waals surface area contributed by atoms with Crippen molar-refractivity contribution in [2.45, 2.75) is 308 Å². The molecule has 6 heterocycles. The summed E-state index contributed by atoms with van der Waals surface area (Å²) in [7, 11) is 3.10. The molecule has 0 spiro atoms. The topological polar surface area (TPSA) is 518 Å². The molecule has 0 unspecified atom stereocenters. The highest BCUT2D eigenvalue weighted by molar-refractivity contribution is 6.43. The molecule has 34 heteroatoms. The van der Waals surface area contributed by atoms with Crippen LogP contribution >= 0.6 is 0 Å². The molecule has 6 aliphatic heterocycles. The number of rotatable bonds is 19. The van der Waals surface area contributed by atoms with Crippen LogP contribution in [0.1, 0.15) is 197 Å². The number of hydrogen-bond acceptors (Lipinski definition) is 34. The predicted molar refractivity (Wildman–Crippen MR) is 374 cm³/mol. The molecular formula is C77H100O34. The average Bonchev–Trinajstić information content (AvgIpc) is 1.43. The number of hydrogen-bond donors (Lipinski definition) is 15. The van der Waals surface area contributed by atoms with Crippen molar-refractivity contribution in [2.24, 2.45) is 11.8 Å². The van der Waals surface area contributed by atoms with E-state index in [1.807, 2.05) is 0 Å². The Kier molecular flexibility index (Phi) is 21.6. The number of benzene rings is 3. The molecule has 0 radical (unpaired) electrons. The van der Waals surface area contributed by atoms with Gasteiger partial charge in [0.05, 0.1) is 139 Å². The van der Waals surface area contributed by atoms with E-state index in [0.29, 0.717) is 0 Å². The first kappa shape index (κ1) is 81.3. The van der Waals surface area contributed by atoms with Crippen molar-refractivity contribution in [1.82, 2.24) is 0 Å². The van der Waals surface area contributed by atoms with E-state index < -0.39 is 320 Å². The van der Waals surface area contributed by atoms with Crippen LogP contribution in [-0.4, -0.2) is 290 Å². The monoisotopic (exact) mass is 1570 g/mol. The molecule has 0 amide bonds. The molecule has 5 aliphatic carbocycles. The Morgan fingerprint density at radius 2 is 1.08 bits per heavy atom. The number of aliphatic hydroxyl groups excluding tert-OH is 7. The van der Waals surface area contributed by atoms with Gasteiger partial charge in [-0.2, -0.15) is 0 Å². The van der Waals surface area contributed by atoms with Crippen LogP contribution in [0.5, 0.6) is 34.5 Å². The van der Waals surface area contributed by atoms with Crippen molar-refractivity contribution in [1.29, 1.82) is 0 Å². The van der Waals surface area contributed by atoms with E-state index in [2.05, 4.69) is 0 Å². The van der Waals surface area contributed by atoms with E-state index in [9.17, 15) is 81.4 Å². The molecule has 11 aliphatic rings. The van der Waals surface area contributed by atoms with Gasteiger partial charge in [-0.25, -0.2) is 0 Å². The van der Waals surface area contributed by atoms with E-state index in [4.69, 9.17) is 66.3 Å². The van der Waals surface area contributed by atoms with E-state index in [1.165, 1.54) is 26.8 Å². The van der Waals surface area contributed by atoms with Gasteiger partial charge in [0, 0.05) is 49.0 Å². The molecule has 14 rings (SSSR count). The number of allylic oxidation sites excluding steroid dienone is 2. The molecule has 6 saturated heterocycles. The van der Waals surface area contributed by atoms with Crippen LogP contribution in [0.15, 0.2) is 11.8 Å². The minimum atomic E-state index is -3.19. The number of carbonyl (C=O) groups excluding carboxylic acids is 5. The fourth-order valence-corrected chi connectivity index (χ4v) is 19.8. The summed E-state index contributed by atoms with van der Waals surface area (Å²) in [6, 6.07) is 1.25. The minimum Gasteiger partial charge on any atom is -0.507 e. The Morgan fingerprint density at radius 1 is 0.532 bits per heavy atom. The van der Waals surface area contributed by atoms with Gasteiger partial charge in [-0.05, 0) is 91.7 Å². The maximum Gasteiger partial charge on any atom is 0.232 e. The standard InChI is InChI=1S/C77H100O34/c1-12-19-74(95)71(109-40-17-15-38(27(4)102-40)106-41-18-21-73(94,30(7)78)31(8)105-41)61(90)64(107-42-24-36(80)53(82)28(5)103-42)34-23-32-22-33-45(55(84)44(32)69(92)76(34,74)96)56(85)49(67(100-11)63(33)98-9)48-57(86)46-47(60(89)66(48)99-10)58(87)50-51(59(46)88)70(93)77(97)52-65(50)111-75(77,20-13-2)72(110-39-16-14-35(79)26(3)101-39)62(91)68(52)108-43-25-37(81)54(83)29(6)104-43/h22,26-29,31,34-43,52-54,61-62,64-65,68,71-72,79-85,87-88,90-91,94-97H,12-21,23-25H2,1-11H3/t26-,27-,28-,29+,31+,34-,35+,36+,37-,38+,39+,40+,41-,42+,43-,52+,53+,54-,61+,62-,64-,65-,68+,71+,72+,73+,74+,75-,76+,77+/m1/s1. The highest BCUT2D eigenvalue weighted by Crippen LogP contribution is 2.69. The number of phenols is 4. The number of methoxy groups -OCH3 is 3. The molecule has 34 nitrogen and oxygen atoms in total. The second-order valence-corrected chi connectivity index (χ2v) is 31.7. The SMILES string of the molecule is CCC[C@]1(O)[C@@H](O[C@H]2CC[C@H](O[C@@H]3CC[C@](O)(C(C)=O)[C@H](C)O3)[C@@H](C)O2)[C@@H](O)[C@H](O[C@H]2C[C@H](O)[C@@H](O)[C@@H](C)O2)[C@H]2Cc3cc4c(OC)c(OC)c(C5=C(OC)C(=O)c6c(O)c7c(c(O)c6C5=O)C(=O)[C@@]5(O)[C@@H]6[C@H](O[C@@H]8C[C@@H](O)[C@H](O)[C@H](C)O8)[C@@H](O)[C@H](O[C@H]8CC[C@H](O)[C@@H](C)O8)[C@@]5(CCC)O[C@H]76)c(O)c4c(O)c3C(=O)[C@@]21O. The number of aliphatic hydroxyl groups is 11. The van der Waals surface area contributed by atoms with Crippen LogP contribution < -0.4 is 9.47 Å². The molecule has 0 aromatic heterocycles. The van der Waals surface area contributed by atoms with Crippen molar-refractivity contribution in [3.8, 4) is 34.5 Å². The molecular weight excluding hydrogens is 1470 g/mol. The highest BCUT2D eigenvalue weighted by atomic mass is 16.7. The van der Waals surface area contributed by atoms with Gasteiger partial charge in [0.1, 0.15) is 76.4 Å². The van der Waals surface area contributed by atoms with Gasteiger partial charge < -0.3 is 143 Å². The Bertz CT molecular complexity index is 4220. The van der Waals surface area contributed by atoms with Crippen molar-refractivity contribution in [2.75, 3.05) is 21.3 Å². The van der Waals surface area contributed by atoms with Crippen molar-refractivity contribution < 1.29 is 167 Å². The van der Waals surface area contributed by atoms with Crippen LogP contribution in [0.4, 0.5) is 0 Å². The maximum atomic E-state index is 16.2. The number of Topliss-reactive ketones (excluding diaryl/α,β-unsaturated/α-hetero) is 5. The Labute approximate surface area is 636 Å².